The van der Waals surface area contributed by atoms with Crippen molar-refractivity contribution >= 4 is 23.6 Å². The van der Waals surface area contributed by atoms with E-state index in [-0.39, 0.29) is 23.1 Å². The van der Waals surface area contributed by atoms with Crippen LogP contribution in [0.3, 0.4) is 0 Å². The van der Waals surface area contributed by atoms with Gasteiger partial charge in [0.25, 0.3) is 0 Å². The fourth-order valence-corrected chi connectivity index (χ4v) is 4.47. The molecule has 156 valence electrons. The minimum absolute atomic E-state index is 0.0487. The summed E-state index contributed by atoms with van der Waals surface area (Å²) in [5, 5.41) is 2.58. The molecule has 0 bridgehead atoms. The normalized spacial score (nSPS) is 17.7. The molecule has 7 nitrogen and oxygen atoms in total. The van der Waals surface area contributed by atoms with Crippen molar-refractivity contribution < 1.29 is 23.8 Å². The Morgan fingerprint density at radius 1 is 1.29 bits per heavy atom. The molecular formula is C20H30N2O5S. The van der Waals surface area contributed by atoms with E-state index in [0.29, 0.717) is 36.8 Å². The Morgan fingerprint density at radius 3 is 2.64 bits per heavy atom. The van der Waals surface area contributed by atoms with Gasteiger partial charge in [0, 0.05) is 19.2 Å². The van der Waals surface area contributed by atoms with Gasteiger partial charge in [0.1, 0.15) is 22.9 Å². The molecule has 0 aromatic heterocycles. The third-order valence-corrected chi connectivity index (χ3v) is 5.76. The van der Waals surface area contributed by atoms with E-state index in [1.54, 1.807) is 26.2 Å². The van der Waals surface area contributed by atoms with Crippen molar-refractivity contribution in [2.24, 2.45) is 5.92 Å². The molecular weight excluding hydrogens is 380 g/mol. The number of hydrogen-bond acceptors (Lipinski definition) is 6. The molecule has 28 heavy (non-hydrogen) atoms. The van der Waals surface area contributed by atoms with Gasteiger partial charge in [-0.1, -0.05) is 13.8 Å². The van der Waals surface area contributed by atoms with Gasteiger partial charge in [0.2, 0.25) is 11.8 Å². The number of amides is 2. The van der Waals surface area contributed by atoms with Gasteiger partial charge in [0.15, 0.2) is 0 Å². The maximum Gasteiger partial charge on any atom is 0.242 e. The van der Waals surface area contributed by atoms with Crippen molar-refractivity contribution in [1.82, 2.24) is 10.2 Å². The number of benzene rings is 1. The largest absolute Gasteiger partial charge is 0.497 e. The first kappa shape index (κ1) is 22.4. The number of rotatable bonds is 10. The second-order valence-corrected chi connectivity index (χ2v) is 8.07. The number of carbonyl (C=O) groups excluding carboxylic acids is 2. The van der Waals surface area contributed by atoms with Crippen LogP contribution in [0.2, 0.25) is 0 Å². The average molecular weight is 411 g/mol. The number of methoxy groups -OCH3 is 3. The lowest BCUT2D eigenvalue weighted by molar-refractivity contribution is -0.139. The fourth-order valence-electron chi connectivity index (χ4n) is 3.23. The highest BCUT2D eigenvalue weighted by Gasteiger charge is 2.42. The number of ether oxygens (including phenoxy) is 3. The molecule has 1 aromatic rings. The average Bonchev–Trinajstić information content (AvgIpc) is 3.06. The molecule has 1 saturated heterocycles. The van der Waals surface area contributed by atoms with Gasteiger partial charge in [-0.15, -0.1) is 11.8 Å². The molecule has 1 N–H and O–H groups in total. The molecule has 0 saturated carbocycles. The van der Waals surface area contributed by atoms with Crippen molar-refractivity contribution in [3.8, 4) is 11.5 Å². The van der Waals surface area contributed by atoms with Gasteiger partial charge in [-0.2, -0.15) is 0 Å². The zero-order chi connectivity index (χ0) is 20.7. The maximum absolute atomic E-state index is 12.9. The molecule has 0 unspecified atom stereocenters. The van der Waals surface area contributed by atoms with E-state index in [1.807, 2.05) is 32.0 Å². The monoisotopic (exact) mass is 410 g/mol. The summed E-state index contributed by atoms with van der Waals surface area (Å²) in [6, 6.07) is 4.96. The van der Waals surface area contributed by atoms with Crippen molar-refractivity contribution in [1.29, 1.82) is 0 Å². The smallest absolute Gasteiger partial charge is 0.242 e. The molecule has 1 aliphatic rings. The summed E-state index contributed by atoms with van der Waals surface area (Å²) in [6.07, 6.45) is 0.577. The van der Waals surface area contributed by atoms with Gasteiger partial charge in [-0.05, 0) is 30.5 Å². The van der Waals surface area contributed by atoms with Gasteiger partial charge in [0.05, 0.1) is 26.6 Å². The molecule has 0 spiro atoms. The molecule has 1 heterocycles. The van der Waals surface area contributed by atoms with Crippen LogP contribution < -0.4 is 14.8 Å². The molecule has 2 atom stereocenters. The van der Waals surface area contributed by atoms with Gasteiger partial charge in [-0.25, -0.2) is 0 Å². The van der Waals surface area contributed by atoms with Crippen LogP contribution in [0.4, 0.5) is 0 Å². The molecule has 1 aromatic carbocycles. The third-order valence-electron chi connectivity index (χ3n) is 4.55. The Balaban J connectivity index is 2.37. The van der Waals surface area contributed by atoms with Gasteiger partial charge >= 0.3 is 0 Å². The highest BCUT2D eigenvalue weighted by Crippen LogP contribution is 2.45. The first-order valence-electron chi connectivity index (χ1n) is 9.34. The molecule has 2 amide bonds. The summed E-state index contributed by atoms with van der Waals surface area (Å²) in [5.74, 6) is 1.72. The van der Waals surface area contributed by atoms with Crippen molar-refractivity contribution in [3.63, 3.8) is 0 Å². The topological polar surface area (TPSA) is 77.1 Å². The Labute approximate surface area is 171 Å². The lowest BCUT2D eigenvalue weighted by atomic mass is 10.0. The van der Waals surface area contributed by atoms with E-state index in [0.717, 1.165) is 5.56 Å². The van der Waals surface area contributed by atoms with Crippen LogP contribution in [0.1, 0.15) is 31.2 Å². The van der Waals surface area contributed by atoms with Crippen LogP contribution in [0.25, 0.3) is 0 Å². The fraction of sp³-hybridized carbons (Fsp3) is 0.600. The molecule has 0 radical (unpaired) electrons. The Hall–Kier alpha value is -1.93. The zero-order valence-corrected chi connectivity index (χ0v) is 18.0. The van der Waals surface area contributed by atoms with Crippen LogP contribution in [0.5, 0.6) is 11.5 Å². The molecule has 0 aliphatic carbocycles. The first-order valence-corrected chi connectivity index (χ1v) is 10.4. The minimum Gasteiger partial charge on any atom is -0.497 e. The van der Waals surface area contributed by atoms with Crippen LogP contribution in [0.15, 0.2) is 18.2 Å². The number of nitrogens with zero attached hydrogens (tertiary/aromatic N) is 1. The minimum atomic E-state index is -0.555. The summed E-state index contributed by atoms with van der Waals surface area (Å²) in [7, 11) is 4.78. The molecule has 8 heteroatoms. The maximum atomic E-state index is 12.9. The zero-order valence-electron chi connectivity index (χ0n) is 17.2. The van der Waals surface area contributed by atoms with E-state index in [1.165, 1.54) is 11.8 Å². The number of thioether (sulfide) groups is 1. The highest BCUT2D eigenvalue weighted by atomic mass is 32.2. The van der Waals surface area contributed by atoms with E-state index in [4.69, 9.17) is 14.2 Å². The van der Waals surface area contributed by atoms with E-state index in [2.05, 4.69) is 5.32 Å². The van der Waals surface area contributed by atoms with Gasteiger partial charge in [-0.3, -0.25) is 9.59 Å². The summed E-state index contributed by atoms with van der Waals surface area (Å²) in [5.41, 5.74) is 0.830. The number of hydrogen-bond donors (Lipinski definition) is 1. The molecule has 1 fully saturated rings. The highest BCUT2D eigenvalue weighted by molar-refractivity contribution is 8.00. The predicted octanol–water partition coefficient (Wildman–Crippen LogP) is 2.46. The summed E-state index contributed by atoms with van der Waals surface area (Å²) in [4.78, 5) is 27.4. The van der Waals surface area contributed by atoms with Crippen LogP contribution in [-0.4, -0.2) is 63.0 Å². The second-order valence-electron chi connectivity index (χ2n) is 7.00. The number of carbonyl (C=O) groups is 2. The molecule has 2 rings (SSSR count). The van der Waals surface area contributed by atoms with Crippen LogP contribution in [-0.2, 0) is 14.3 Å². The molecule has 1 aliphatic heterocycles. The Kier molecular flexibility index (Phi) is 8.44. The first-order chi connectivity index (χ1) is 13.4. The van der Waals surface area contributed by atoms with E-state index in [9.17, 15) is 9.59 Å². The summed E-state index contributed by atoms with van der Waals surface area (Å²) < 4.78 is 15.9. The van der Waals surface area contributed by atoms with Crippen molar-refractivity contribution in [3.05, 3.63) is 23.8 Å². The summed E-state index contributed by atoms with van der Waals surface area (Å²) in [6.45, 7) is 4.93. The lowest BCUT2D eigenvalue weighted by Crippen LogP contribution is -2.49. The van der Waals surface area contributed by atoms with E-state index < -0.39 is 6.04 Å². The van der Waals surface area contributed by atoms with Crippen molar-refractivity contribution in [2.75, 3.05) is 40.2 Å². The van der Waals surface area contributed by atoms with E-state index >= 15 is 0 Å². The summed E-state index contributed by atoms with van der Waals surface area (Å²) >= 11 is 1.50. The van der Waals surface area contributed by atoms with Crippen LogP contribution in [0, 0.1) is 5.92 Å². The second kappa shape index (κ2) is 10.6. The number of nitrogens with one attached hydrogen (secondary N) is 1. The standard InChI is InChI=1S/C20H30N2O5S/c1-13(2)10-16(19(24)21-8-9-25-3)22-18(23)12-28-20(22)15-11-14(26-4)6-7-17(15)27-5/h6-7,11,13,16,20H,8-10,12H2,1-5H3,(H,21,24)/t16-,20+/m0/s1. The van der Waals surface area contributed by atoms with Crippen molar-refractivity contribution in [2.45, 2.75) is 31.7 Å². The van der Waals surface area contributed by atoms with Crippen LogP contribution >= 0.6 is 11.8 Å². The Bertz CT molecular complexity index is 683. The van der Waals surface area contributed by atoms with Gasteiger partial charge < -0.3 is 24.4 Å². The third kappa shape index (κ3) is 5.32. The quantitative estimate of drug-likeness (QED) is 0.597. The predicted molar refractivity (Wildman–Crippen MR) is 110 cm³/mol. The Morgan fingerprint density at radius 2 is 2.04 bits per heavy atom. The lowest BCUT2D eigenvalue weighted by Gasteiger charge is -2.33. The SMILES string of the molecule is COCCNC(=O)[C@H](CC(C)C)N1C(=O)CS[C@@H]1c1cc(OC)ccc1OC.